The van der Waals surface area contributed by atoms with Crippen LogP contribution in [0.1, 0.15) is 13.3 Å². The van der Waals surface area contributed by atoms with Crippen molar-refractivity contribution in [2.45, 2.75) is 13.3 Å². The summed E-state index contributed by atoms with van der Waals surface area (Å²) in [4.78, 5) is 0. The molecule has 0 aromatic heterocycles. The lowest BCUT2D eigenvalue weighted by atomic mass is 10.2. The summed E-state index contributed by atoms with van der Waals surface area (Å²) in [7, 11) is 0. The molecule has 0 amide bonds. The number of anilines is 1. The Morgan fingerprint density at radius 2 is 2.14 bits per heavy atom. The van der Waals surface area contributed by atoms with E-state index in [-0.39, 0.29) is 5.69 Å². The molecular formula is C11H13F2N. The van der Waals surface area contributed by atoms with E-state index < -0.39 is 11.6 Å². The van der Waals surface area contributed by atoms with Gasteiger partial charge in [0, 0.05) is 6.54 Å². The summed E-state index contributed by atoms with van der Waals surface area (Å²) in [6.45, 7) is 6.19. The van der Waals surface area contributed by atoms with Gasteiger partial charge in [0.2, 0.25) is 0 Å². The summed E-state index contributed by atoms with van der Waals surface area (Å²) in [5, 5.41) is 2.79. The van der Waals surface area contributed by atoms with Crippen molar-refractivity contribution in [3.8, 4) is 0 Å². The lowest BCUT2D eigenvalue weighted by molar-refractivity contribution is 0.511. The van der Waals surface area contributed by atoms with Gasteiger partial charge in [-0.3, -0.25) is 0 Å². The fourth-order valence-corrected chi connectivity index (χ4v) is 0.986. The molecule has 0 aliphatic heterocycles. The number of rotatable bonds is 4. The Labute approximate surface area is 82.4 Å². The summed E-state index contributed by atoms with van der Waals surface area (Å²) in [6.07, 6.45) is 0.823. The molecule has 0 saturated heterocycles. The molecule has 0 aliphatic rings. The molecule has 76 valence electrons. The van der Waals surface area contributed by atoms with Gasteiger partial charge in [-0.2, -0.15) is 0 Å². The van der Waals surface area contributed by atoms with Gasteiger partial charge in [-0.05, 0) is 18.6 Å². The van der Waals surface area contributed by atoms with Crippen molar-refractivity contribution in [1.29, 1.82) is 0 Å². The van der Waals surface area contributed by atoms with Gasteiger partial charge in [0.1, 0.15) is 0 Å². The number of halogens is 2. The normalized spacial score (nSPS) is 9.93. The van der Waals surface area contributed by atoms with Crippen LogP contribution >= 0.6 is 0 Å². The molecule has 0 radical (unpaired) electrons. The molecular weight excluding hydrogens is 184 g/mol. The second-order valence-corrected chi connectivity index (χ2v) is 3.06. The van der Waals surface area contributed by atoms with Crippen molar-refractivity contribution in [2.24, 2.45) is 0 Å². The van der Waals surface area contributed by atoms with Gasteiger partial charge in [-0.15, -0.1) is 0 Å². The average molecular weight is 197 g/mol. The predicted octanol–water partition coefficient (Wildman–Crippen LogP) is 3.34. The van der Waals surface area contributed by atoms with Gasteiger partial charge in [-0.1, -0.05) is 25.1 Å². The first-order chi connectivity index (χ1) is 6.65. The first-order valence-electron chi connectivity index (χ1n) is 4.49. The molecule has 1 rings (SSSR count). The largest absolute Gasteiger partial charge is 0.379 e. The van der Waals surface area contributed by atoms with Crippen LogP contribution in [0.15, 0.2) is 30.4 Å². The Morgan fingerprint density at radius 3 is 2.79 bits per heavy atom. The van der Waals surface area contributed by atoms with Gasteiger partial charge >= 0.3 is 0 Å². The minimum Gasteiger partial charge on any atom is -0.379 e. The first kappa shape index (κ1) is 10.7. The molecule has 0 aliphatic carbocycles. The van der Waals surface area contributed by atoms with Gasteiger partial charge < -0.3 is 5.32 Å². The molecule has 0 fully saturated rings. The summed E-state index contributed by atoms with van der Waals surface area (Å²) in [5.74, 6) is -1.67. The van der Waals surface area contributed by atoms with Crippen LogP contribution < -0.4 is 5.32 Å². The lowest BCUT2D eigenvalue weighted by Crippen LogP contribution is -2.05. The Hall–Kier alpha value is -1.38. The smallest absolute Gasteiger partial charge is 0.181 e. The quantitative estimate of drug-likeness (QED) is 0.730. The van der Waals surface area contributed by atoms with Gasteiger partial charge in [0.25, 0.3) is 0 Å². The maximum absolute atomic E-state index is 13.1. The van der Waals surface area contributed by atoms with Crippen molar-refractivity contribution in [3.63, 3.8) is 0 Å². The van der Waals surface area contributed by atoms with Crippen LogP contribution in [0.4, 0.5) is 14.5 Å². The van der Waals surface area contributed by atoms with Crippen molar-refractivity contribution < 1.29 is 8.78 Å². The van der Waals surface area contributed by atoms with E-state index in [0.717, 1.165) is 18.1 Å². The number of hydrogen-bond acceptors (Lipinski definition) is 1. The van der Waals surface area contributed by atoms with Crippen LogP contribution in [0.5, 0.6) is 0 Å². The van der Waals surface area contributed by atoms with Gasteiger partial charge in [0.15, 0.2) is 11.6 Å². The molecule has 1 aromatic carbocycles. The zero-order valence-electron chi connectivity index (χ0n) is 8.11. The van der Waals surface area contributed by atoms with E-state index in [1.54, 1.807) is 0 Å². The maximum atomic E-state index is 13.1. The zero-order chi connectivity index (χ0) is 10.6. The Balaban J connectivity index is 2.68. The molecule has 14 heavy (non-hydrogen) atoms. The fraction of sp³-hybridized carbons (Fsp3) is 0.273. The summed E-state index contributed by atoms with van der Waals surface area (Å²) >= 11 is 0. The van der Waals surface area contributed by atoms with E-state index in [9.17, 15) is 8.78 Å². The molecule has 0 unspecified atom stereocenters. The van der Waals surface area contributed by atoms with Gasteiger partial charge in [-0.25, -0.2) is 8.78 Å². The highest BCUT2D eigenvalue weighted by Gasteiger charge is 2.06. The monoisotopic (exact) mass is 197 g/mol. The predicted molar refractivity (Wildman–Crippen MR) is 54.3 cm³/mol. The second-order valence-electron chi connectivity index (χ2n) is 3.06. The van der Waals surface area contributed by atoms with Crippen LogP contribution in [0.3, 0.4) is 0 Å². The van der Waals surface area contributed by atoms with E-state index in [1.165, 1.54) is 12.1 Å². The van der Waals surface area contributed by atoms with E-state index >= 15 is 0 Å². The molecule has 0 heterocycles. The summed E-state index contributed by atoms with van der Waals surface area (Å²) in [6, 6.07) is 4.06. The van der Waals surface area contributed by atoms with Crippen LogP contribution in [-0.2, 0) is 0 Å². The van der Waals surface area contributed by atoms with Crippen molar-refractivity contribution in [2.75, 3.05) is 11.9 Å². The van der Waals surface area contributed by atoms with Crippen LogP contribution in [0, 0.1) is 11.6 Å². The number of benzene rings is 1. The molecule has 0 bridgehead atoms. The summed E-state index contributed by atoms with van der Waals surface area (Å²) in [5.41, 5.74) is 1.13. The SMILES string of the molecule is C=C(CC)CNc1cccc(F)c1F. The second kappa shape index (κ2) is 4.74. The third-order valence-electron chi connectivity index (χ3n) is 1.98. The first-order valence-corrected chi connectivity index (χ1v) is 4.49. The third kappa shape index (κ3) is 2.55. The molecule has 0 saturated carbocycles. The molecule has 3 heteroatoms. The number of nitrogens with one attached hydrogen (secondary N) is 1. The Bertz CT molecular complexity index is 334. The van der Waals surface area contributed by atoms with Gasteiger partial charge in [0.05, 0.1) is 5.69 Å². The van der Waals surface area contributed by atoms with E-state index in [4.69, 9.17) is 0 Å². The van der Waals surface area contributed by atoms with Crippen molar-refractivity contribution >= 4 is 5.69 Å². The highest BCUT2D eigenvalue weighted by atomic mass is 19.2. The van der Waals surface area contributed by atoms with Crippen molar-refractivity contribution in [3.05, 3.63) is 42.0 Å². The average Bonchev–Trinajstić information content (AvgIpc) is 2.20. The minimum atomic E-state index is -0.837. The standard InChI is InChI=1S/C11H13F2N/c1-3-8(2)7-14-10-6-4-5-9(12)11(10)13/h4-6,14H,2-3,7H2,1H3. The Kier molecular flexibility index (Phi) is 3.63. The minimum absolute atomic E-state index is 0.180. The zero-order valence-corrected chi connectivity index (χ0v) is 8.11. The molecule has 1 nitrogen and oxygen atoms in total. The van der Waals surface area contributed by atoms with Crippen LogP contribution in [-0.4, -0.2) is 6.54 Å². The third-order valence-corrected chi connectivity index (χ3v) is 1.98. The molecule has 1 aromatic rings. The molecule has 1 N–H and O–H groups in total. The van der Waals surface area contributed by atoms with Crippen LogP contribution in [0.25, 0.3) is 0 Å². The molecule has 0 spiro atoms. The maximum Gasteiger partial charge on any atom is 0.181 e. The molecule has 0 atom stereocenters. The topological polar surface area (TPSA) is 12.0 Å². The summed E-state index contributed by atoms with van der Waals surface area (Å²) < 4.78 is 25.8. The van der Waals surface area contributed by atoms with Crippen LogP contribution in [0.2, 0.25) is 0 Å². The van der Waals surface area contributed by atoms with Crippen molar-refractivity contribution in [1.82, 2.24) is 0 Å². The number of hydrogen-bond donors (Lipinski definition) is 1. The van der Waals surface area contributed by atoms with E-state index in [1.807, 2.05) is 6.92 Å². The fourth-order valence-electron chi connectivity index (χ4n) is 0.986. The van der Waals surface area contributed by atoms with E-state index in [0.29, 0.717) is 6.54 Å². The lowest BCUT2D eigenvalue weighted by Gasteiger charge is -2.08. The highest BCUT2D eigenvalue weighted by molar-refractivity contribution is 5.45. The highest BCUT2D eigenvalue weighted by Crippen LogP contribution is 2.16. The Morgan fingerprint density at radius 1 is 1.43 bits per heavy atom. The van der Waals surface area contributed by atoms with E-state index in [2.05, 4.69) is 11.9 Å².